The molecule has 0 amide bonds. The zero-order valence-electron chi connectivity index (χ0n) is 16.5. The molecule has 0 N–H and O–H groups in total. The minimum Gasteiger partial charge on any atom is -0.497 e. The second-order valence-electron chi connectivity index (χ2n) is 6.80. The van der Waals surface area contributed by atoms with Gasteiger partial charge in [-0.25, -0.2) is 12.8 Å². The number of halogens is 1. The van der Waals surface area contributed by atoms with E-state index < -0.39 is 10.0 Å². The predicted molar refractivity (Wildman–Crippen MR) is 112 cm³/mol. The molecule has 10 heteroatoms. The lowest BCUT2D eigenvalue weighted by molar-refractivity contribution is 0.135. The fraction of sp³-hybridized carbons (Fsp3) is 0.350. The van der Waals surface area contributed by atoms with E-state index in [1.807, 2.05) is 0 Å². The van der Waals surface area contributed by atoms with Crippen LogP contribution in [0, 0.1) is 5.82 Å². The molecule has 0 saturated carbocycles. The average molecular weight is 453 g/mol. The number of fused-ring (bicyclic) bond motifs is 1. The lowest BCUT2D eigenvalue weighted by Crippen LogP contribution is -2.41. The number of benzene rings is 2. The Morgan fingerprint density at radius 2 is 1.90 bits per heavy atom. The minimum atomic E-state index is -3.75. The van der Waals surface area contributed by atoms with E-state index >= 15 is 0 Å². The van der Waals surface area contributed by atoms with Crippen LogP contribution in [0.3, 0.4) is 0 Å². The molecule has 7 nitrogen and oxygen atoms in total. The number of rotatable bonds is 6. The summed E-state index contributed by atoms with van der Waals surface area (Å²) < 4.78 is 58.6. The summed E-state index contributed by atoms with van der Waals surface area (Å²) in [6.07, 6.45) is 0.820. The molecular formula is C20H21FN2O5S2. The Morgan fingerprint density at radius 3 is 2.57 bits per heavy atom. The molecule has 160 valence electrons. The number of hydrogen-bond acceptors (Lipinski definition) is 7. The minimum absolute atomic E-state index is 0.0744. The van der Waals surface area contributed by atoms with Crippen LogP contribution in [-0.4, -0.2) is 51.1 Å². The molecule has 4 rings (SSSR count). The molecular weight excluding hydrogens is 431 g/mol. The number of para-hydroxylation sites is 1. The summed E-state index contributed by atoms with van der Waals surface area (Å²) >= 11 is 1.28. The molecule has 0 bridgehead atoms. The van der Waals surface area contributed by atoms with E-state index in [0.717, 1.165) is 4.70 Å². The van der Waals surface area contributed by atoms with Gasteiger partial charge in [0, 0.05) is 19.2 Å². The van der Waals surface area contributed by atoms with E-state index in [-0.39, 0.29) is 22.6 Å². The first-order chi connectivity index (χ1) is 14.4. The fourth-order valence-electron chi connectivity index (χ4n) is 3.40. The Kier molecular flexibility index (Phi) is 5.81. The Balaban J connectivity index is 1.46. The molecule has 2 heterocycles. The van der Waals surface area contributed by atoms with Gasteiger partial charge in [-0.2, -0.15) is 9.29 Å². The number of nitrogens with zero attached hydrogens (tertiary/aromatic N) is 2. The van der Waals surface area contributed by atoms with Gasteiger partial charge in [0.05, 0.1) is 18.9 Å². The third-order valence-electron chi connectivity index (χ3n) is 5.01. The highest BCUT2D eigenvalue weighted by atomic mass is 32.2. The maximum absolute atomic E-state index is 13.8. The van der Waals surface area contributed by atoms with Crippen molar-refractivity contribution in [3.63, 3.8) is 0 Å². The Labute approximate surface area is 178 Å². The zero-order valence-corrected chi connectivity index (χ0v) is 18.1. The van der Waals surface area contributed by atoms with Crippen LogP contribution in [0.4, 0.5) is 4.39 Å². The Hall–Kier alpha value is -2.43. The van der Waals surface area contributed by atoms with Gasteiger partial charge in [-0.1, -0.05) is 17.4 Å². The Bertz CT molecular complexity index is 1160. The van der Waals surface area contributed by atoms with Gasteiger partial charge in [-0.3, -0.25) is 0 Å². The third kappa shape index (κ3) is 3.94. The lowest BCUT2D eigenvalue weighted by Gasteiger charge is -2.31. The van der Waals surface area contributed by atoms with Crippen LogP contribution >= 0.6 is 11.3 Å². The van der Waals surface area contributed by atoms with Gasteiger partial charge in [-0.15, -0.1) is 0 Å². The SMILES string of the molecule is COc1ccc(OC)c(S(=O)(=O)N2CCC(Oc3nc4c(F)cccc4s3)CC2)c1. The molecule has 0 spiro atoms. The number of thiazole rings is 1. The van der Waals surface area contributed by atoms with Gasteiger partial charge in [0.15, 0.2) is 0 Å². The zero-order chi connectivity index (χ0) is 21.3. The molecule has 0 aliphatic carbocycles. The van der Waals surface area contributed by atoms with Crippen molar-refractivity contribution < 1.29 is 27.0 Å². The predicted octanol–water partition coefficient (Wildman–Crippen LogP) is 3.68. The number of ether oxygens (including phenoxy) is 3. The van der Waals surface area contributed by atoms with Crippen molar-refractivity contribution in [3.8, 4) is 16.7 Å². The molecule has 1 fully saturated rings. The summed E-state index contributed by atoms with van der Waals surface area (Å²) in [7, 11) is -0.836. The van der Waals surface area contributed by atoms with Gasteiger partial charge < -0.3 is 14.2 Å². The maximum atomic E-state index is 13.8. The molecule has 30 heavy (non-hydrogen) atoms. The van der Waals surface area contributed by atoms with Crippen molar-refractivity contribution in [1.82, 2.24) is 9.29 Å². The van der Waals surface area contributed by atoms with Crippen molar-refractivity contribution in [2.75, 3.05) is 27.3 Å². The third-order valence-corrected chi connectivity index (χ3v) is 7.84. The van der Waals surface area contributed by atoms with Gasteiger partial charge >= 0.3 is 0 Å². The highest BCUT2D eigenvalue weighted by molar-refractivity contribution is 7.89. The fourth-order valence-corrected chi connectivity index (χ4v) is 5.94. The second kappa shape index (κ2) is 8.37. The molecule has 1 aliphatic rings. The summed E-state index contributed by atoms with van der Waals surface area (Å²) in [5.41, 5.74) is 0.294. The topological polar surface area (TPSA) is 78.0 Å². The summed E-state index contributed by atoms with van der Waals surface area (Å²) in [4.78, 5) is 4.30. The first-order valence-corrected chi connectivity index (χ1v) is 11.6. The quantitative estimate of drug-likeness (QED) is 0.568. The monoisotopic (exact) mass is 452 g/mol. The summed E-state index contributed by atoms with van der Waals surface area (Å²) in [6.45, 7) is 0.596. The van der Waals surface area contributed by atoms with Gasteiger partial charge in [0.2, 0.25) is 10.0 Å². The largest absolute Gasteiger partial charge is 0.497 e. The van der Waals surface area contributed by atoms with E-state index in [2.05, 4.69) is 4.98 Å². The van der Waals surface area contributed by atoms with Gasteiger partial charge in [0.1, 0.15) is 33.8 Å². The van der Waals surface area contributed by atoms with E-state index in [1.165, 1.54) is 42.0 Å². The van der Waals surface area contributed by atoms with E-state index in [0.29, 0.717) is 42.4 Å². The van der Waals surface area contributed by atoms with Crippen molar-refractivity contribution in [2.24, 2.45) is 0 Å². The summed E-state index contributed by atoms with van der Waals surface area (Å²) in [5.74, 6) is 0.327. The van der Waals surface area contributed by atoms with E-state index in [4.69, 9.17) is 14.2 Å². The van der Waals surface area contributed by atoms with E-state index in [9.17, 15) is 12.8 Å². The first-order valence-electron chi connectivity index (χ1n) is 9.36. The first kappa shape index (κ1) is 20.8. The molecule has 0 atom stereocenters. The van der Waals surface area contributed by atoms with Crippen molar-refractivity contribution in [1.29, 1.82) is 0 Å². The van der Waals surface area contributed by atoms with E-state index in [1.54, 1.807) is 24.3 Å². The number of piperidine rings is 1. The van der Waals surface area contributed by atoms with Crippen molar-refractivity contribution >= 4 is 31.6 Å². The van der Waals surface area contributed by atoms with Crippen LogP contribution in [0.25, 0.3) is 10.2 Å². The van der Waals surface area contributed by atoms with Crippen LogP contribution in [-0.2, 0) is 10.0 Å². The average Bonchev–Trinajstić information content (AvgIpc) is 3.17. The Morgan fingerprint density at radius 1 is 1.13 bits per heavy atom. The van der Waals surface area contributed by atoms with Crippen LogP contribution in [0.2, 0.25) is 0 Å². The number of sulfonamides is 1. The summed E-state index contributed by atoms with van der Waals surface area (Å²) in [6, 6.07) is 9.48. The summed E-state index contributed by atoms with van der Waals surface area (Å²) in [5, 5.41) is 0.394. The van der Waals surface area contributed by atoms with Crippen molar-refractivity contribution in [2.45, 2.75) is 23.8 Å². The lowest BCUT2D eigenvalue weighted by atomic mass is 10.1. The molecule has 1 aliphatic heterocycles. The molecule has 1 aromatic heterocycles. The molecule has 0 radical (unpaired) electrons. The number of methoxy groups -OCH3 is 2. The number of aromatic nitrogens is 1. The van der Waals surface area contributed by atoms with Crippen molar-refractivity contribution in [3.05, 3.63) is 42.2 Å². The number of hydrogen-bond donors (Lipinski definition) is 0. The molecule has 1 saturated heterocycles. The highest BCUT2D eigenvalue weighted by Gasteiger charge is 2.33. The van der Waals surface area contributed by atoms with Crippen LogP contribution in [0.5, 0.6) is 16.7 Å². The highest BCUT2D eigenvalue weighted by Crippen LogP contribution is 2.34. The second-order valence-corrected chi connectivity index (χ2v) is 9.70. The van der Waals surface area contributed by atoms with Crippen LogP contribution in [0.15, 0.2) is 41.3 Å². The normalized spacial score (nSPS) is 16.0. The maximum Gasteiger partial charge on any atom is 0.274 e. The van der Waals surface area contributed by atoms with Crippen LogP contribution < -0.4 is 14.2 Å². The van der Waals surface area contributed by atoms with Gasteiger partial charge in [-0.05, 0) is 37.1 Å². The molecule has 2 aromatic carbocycles. The van der Waals surface area contributed by atoms with Crippen LogP contribution in [0.1, 0.15) is 12.8 Å². The molecule has 3 aromatic rings. The smallest absolute Gasteiger partial charge is 0.274 e. The molecule has 0 unspecified atom stereocenters. The standard InChI is InChI=1S/C20H21FN2O5S2/c1-26-14-6-7-16(27-2)18(12-14)30(24,25)23-10-8-13(9-11-23)28-20-22-19-15(21)4-3-5-17(19)29-20/h3-7,12-13H,8-11H2,1-2H3. The van der Waals surface area contributed by atoms with Gasteiger partial charge in [0.25, 0.3) is 5.19 Å².